The van der Waals surface area contributed by atoms with Crippen LogP contribution in [-0.4, -0.2) is 40.3 Å². The molecule has 4 aliphatic carbocycles. The lowest BCUT2D eigenvalue weighted by Gasteiger charge is -2.56. The number of hydrogen-bond donors (Lipinski definition) is 3. The summed E-state index contributed by atoms with van der Waals surface area (Å²) in [4.78, 5) is 24.6. The summed E-state index contributed by atoms with van der Waals surface area (Å²) in [5, 5.41) is 13.6. The summed E-state index contributed by atoms with van der Waals surface area (Å²) in [5.74, 6) is 2.68. The van der Waals surface area contributed by atoms with Crippen LogP contribution in [0.15, 0.2) is 6.07 Å². The molecule has 30 heavy (non-hydrogen) atoms. The molecule has 7 nitrogen and oxygen atoms in total. The molecule has 1 aromatic rings. The number of nitrogens with one attached hydrogen (secondary N) is 3. The molecule has 0 aromatic carbocycles. The Hall–Kier alpha value is -2.05. The second kappa shape index (κ2) is 8.60. The Morgan fingerprint density at radius 2 is 1.77 bits per heavy atom. The van der Waals surface area contributed by atoms with Gasteiger partial charge in [-0.25, -0.2) is 4.79 Å². The summed E-state index contributed by atoms with van der Waals surface area (Å²) in [7, 11) is 0. The van der Waals surface area contributed by atoms with E-state index >= 15 is 0 Å². The molecule has 4 aliphatic rings. The second-order valence-corrected chi connectivity index (χ2v) is 10.3. The third-order valence-corrected chi connectivity index (χ3v) is 7.29. The Bertz CT molecular complexity index is 751. The fourth-order valence-corrected chi connectivity index (χ4v) is 6.43. The maximum atomic E-state index is 12.4. The van der Waals surface area contributed by atoms with Crippen molar-refractivity contribution in [2.45, 2.75) is 77.8 Å². The van der Waals surface area contributed by atoms with Crippen LogP contribution in [0.3, 0.4) is 0 Å². The SMILES string of the molecule is Cc1cc(C)n(CC(C)CNC(=O)CCNC(=O)NC23CC4CC(CC(C4)C2)C3)n1. The average Bonchev–Trinajstić information content (AvgIpc) is 2.95. The van der Waals surface area contributed by atoms with Crippen LogP contribution < -0.4 is 16.0 Å². The molecule has 3 N–H and O–H groups in total. The normalized spacial score (nSPS) is 30.2. The summed E-state index contributed by atoms with van der Waals surface area (Å²) in [6.07, 6.45) is 7.81. The Kier molecular flexibility index (Phi) is 6.07. The number of aromatic nitrogens is 2. The zero-order valence-corrected chi connectivity index (χ0v) is 18.7. The summed E-state index contributed by atoms with van der Waals surface area (Å²) in [6.45, 7) is 7.90. The molecule has 1 unspecified atom stereocenters. The maximum Gasteiger partial charge on any atom is 0.315 e. The molecule has 5 rings (SSSR count). The minimum atomic E-state index is -0.109. The van der Waals surface area contributed by atoms with Crippen LogP contribution in [0.1, 0.15) is 63.3 Å². The molecule has 0 saturated heterocycles. The van der Waals surface area contributed by atoms with E-state index in [1.54, 1.807) is 0 Å². The number of carbonyl (C=O) groups is 2. The smallest absolute Gasteiger partial charge is 0.315 e. The predicted molar refractivity (Wildman–Crippen MR) is 116 cm³/mol. The van der Waals surface area contributed by atoms with Gasteiger partial charge in [0.05, 0.1) is 5.69 Å². The van der Waals surface area contributed by atoms with E-state index in [0.29, 0.717) is 25.4 Å². The van der Waals surface area contributed by atoms with Crippen molar-refractivity contribution >= 4 is 11.9 Å². The van der Waals surface area contributed by atoms with Gasteiger partial charge < -0.3 is 16.0 Å². The van der Waals surface area contributed by atoms with Crippen molar-refractivity contribution < 1.29 is 9.59 Å². The molecular weight excluding hydrogens is 378 g/mol. The van der Waals surface area contributed by atoms with Gasteiger partial charge in [-0.15, -0.1) is 0 Å². The molecule has 4 fully saturated rings. The van der Waals surface area contributed by atoms with Crippen LogP contribution in [0.2, 0.25) is 0 Å². The number of aryl methyl sites for hydroxylation is 2. The highest BCUT2D eigenvalue weighted by Gasteiger charge is 2.51. The predicted octanol–water partition coefficient (Wildman–Crippen LogP) is 2.91. The zero-order chi connectivity index (χ0) is 21.3. The number of urea groups is 1. The number of rotatable bonds is 8. The molecule has 7 heteroatoms. The molecule has 0 radical (unpaired) electrons. The first-order valence-electron chi connectivity index (χ1n) is 11.6. The van der Waals surface area contributed by atoms with Gasteiger partial charge in [-0.2, -0.15) is 5.10 Å². The maximum absolute atomic E-state index is 12.4. The van der Waals surface area contributed by atoms with Crippen molar-refractivity contribution in [3.8, 4) is 0 Å². The molecule has 1 aromatic heterocycles. The molecule has 166 valence electrons. The minimum absolute atomic E-state index is 0.0134. The Labute approximate surface area is 179 Å². The van der Waals surface area contributed by atoms with E-state index in [-0.39, 0.29) is 17.5 Å². The van der Waals surface area contributed by atoms with Crippen molar-refractivity contribution in [1.82, 2.24) is 25.7 Å². The Balaban J connectivity index is 1.13. The Morgan fingerprint density at radius 1 is 1.13 bits per heavy atom. The number of amides is 3. The number of carbonyl (C=O) groups excluding carboxylic acids is 2. The van der Waals surface area contributed by atoms with Crippen LogP contribution in [0.5, 0.6) is 0 Å². The van der Waals surface area contributed by atoms with Crippen LogP contribution >= 0.6 is 0 Å². The Morgan fingerprint density at radius 3 is 2.33 bits per heavy atom. The van der Waals surface area contributed by atoms with E-state index in [2.05, 4.69) is 34.0 Å². The fourth-order valence-electron chi connectivity index (χ4n) is 6.43. The number of nitrogens with zero attached hydrogens (tertiary/aromatic N) is 2. The lowest BCUT2D eigenvalue weighted by Crippen LogP contribution is -2.61. The first-order valence-corrected chi connectivity index (χ1v) is 11.6. The van der Waals surface area contributed by atoms with Gasteiger partial charge in [-0.05, 0) is 82.1 Å². The van der Waals surface area contributed by atoms with Gasteiger partial charge in [0.25, 0.3) is 0 Å². The van der Waals surface area contributed by atoms with Crippen molar-refractivity contribution in [2.24, 2.45) is 23.7 Å². The second-order valence-electron chi connectivity index (χ2n) is 10.3. The molecular formula is C23H37N5O2. The van der Waals surface area contributed by atoms with Crippen LogP contribution in [-0.2, 0) is 11.3 Å². The first kappa shape index (κ1) is 21.2. The quantitative estimate of drug-likeness (QED) is 0.610. The molecule has 1 atom stereocenters. The molecule has 3 amide bonds. The van der Waals surface area contributed by atoms with Crippen molar-refractivity contribution in [3.63, 3.8) is 0 Å². The lowest BCUT2D eigenvalue weighted by atomic mass is 9.53. The highest BCUT2D eigenvalue weighted by Crippen LogP contribution is 2.55. The van der Waals surface area contributed by atoms with E-state index < -0.39 is 0 Å². The summed E-state index contributed by atoms with van der Waals surface area (Å²) in [6, 6.07) is 1.95. The van der Waals surface area contributed by atoms with Crippen LogP contribution in [0.25, 0.3) is 0 Å². The van der Waals surface area contributed by atoms with E-state index in [0.717, 1.165) is 54.9 Å². The zero-order valence-electron chi connectivity index (χ0n) is 18.7. The number of hydrogen-bond acceptors (Lipinski definition) is 3. The summed E-state index contributed by atoms with van der Waals surface area (Å²) < 4.78 is 1.99. The molecule has 0 aliphatic heterocycles. The van der Waals surface area contributed by atoms with Crippen molar-refractivity contribution in [2.75, 3.05) is 13.1 Å². The molecule has 0 spiro atoms. The fraction of sp³-hybridized carbons (Fsp3) is 0.783. The van der Waals surface area contributed by atoms with Gasteiger partial charge in [0, 0.05) is 37.3 Å². The highest BCUT2D eigenvalue weighted by atomic mass is 16.2. The van der Waals surface area contributed by atoms with E-state index in [1.165, 1.54) is 19.3 Å². The van der Waals surface area contributed by atoms with Crippen molar-refractivity contribution in [1.29, 1.82) is 0 Å². The van der Waals surface area contributed by atoms with E-state index in [9.17, 15) is 9.59 Å². The van der Waals surface area contributed by atoms with Crippen LogP contribution in [0, 0.1) is 37.5 Å². The molecule has 1 heterocycles. The van der Waals surface area contributed by atoms with Gasteiger partial charge in [0.1, 0.15) is 0 Å². The summed E-state index contributed by atoms with van der Waals surface area (Å²) >= 11 is 0. The molecule has 4 bridgehead atoms. The topological polar surface area (TPSA) is 88.0 Å². The van der Waals surface area contributed by atoms with Gasteiger partial charge in [0.15, 0.2) is 0 Å². The third kappa shape index (κ3) is 4.98. The lowest BCUT2D eigenvalue weighted by molar-refractivity contribution is -0.121. The van der Waals surface area contributed by atoms with Gasteiger partial charge in [0.2, 0.25) is 5.91 Å². The van der Waals surface area contributed by atoms with Gasteiger partial charge >= 0.3 is 6.03 Å². The first-order chi connectivity index (χ1) is 14.3. The average molecular weight is 416 g/mol. The molecule has 4 saturated carbocycles. The van der Waals surface area contributed by atoms with Gasteiger partial charge in [-0.1, -0.05) is 6.92 Å². The largest absolute Gasteiger partial charge is 0.356 e. The summed E-state index contributed by atoms with van der Waals surface area (Å²) in [5.41, 5.74) is 2.17. The van der Waals surface area contributed by atoms with Gasteiger partial charge in [-0.3, -0.25) is 9.48 Å². The van der Waals surface area contributed by atoms with E-state index in [1.807, 2.05) is 18.5 Å². The highest BCUT2D eigenvalue weighted by molar-refractivity contribution is 5.78. The van der Waals surface area contributed by atoms with E-state index in [4.69, 9.17) is 0 Å². The third-order valence-electron chi connectivity index (χ3n) is 7.29. The standard InChI is InChI=1S/C23H37N5O2/c1-15(14-28-17(3)6-16(2)27-28)13-25-21(29)4-5-24-22(30)26-23-10-18-7-19(11-23)9-20(8-18)12-23/h6,15,18-20H,4-5,7-14H2,1-3H3,(H,25,29)(H2,24,26,30). The van der Waals surface area contributed by atoms with Crippen molar-refractivity contribution in [3.05, 3.63) is 17.5 Å². The van der Waals surface area contributed by atoms with Crippen LogP contribution in [0.4, 0.5) is 4.79 Å². The monoisotopic (exact) mass is 415 g/mol. The minimum Gasteiger partial charge on any atom is -0.356 e.